The van der Waals surface area contributed by atoms with E-state index in [1.54, 1.807) is 0 Å². The average Bonchev–Trinajstić information content (AvgIpc) is 2.29. The van der Waals surface area contributed by atoms with E-state index in [1.165, 1.54) is 5.56 Å². The minimum atomic E-state index is -0.0813. The first-order valence-corrected chi connectivity index (χ1v) is 6.46. The van der Waals surface area contributed by atoms with E-state index in [0.717, 1.165) is 10.2 Å². The van der Waals surface area contributed by atoms with Crippen LogP contribution in [0.25, 0.3) is 0 Å². The third kappa shape index (κ3) is 3.10. The lowest BCUT2D eigenvalue weighted by Crippen LogP contribution is -2.27. The maximum Gasteiger partial charge on any atom is 0.0569 e. The molecule has 0 aromatic heterocycles. The fourth-order valence-corrected chi connectivity index (χ4v) is 2.25. The molecule has 0 aliphatic heterocycles. The summed E-state index contributed by atoms with van der Waals surface area (Å²) < 4.78 is 1.09. The third-order valence-corrected chi connectivity index (χ3v) is 3.27. The number of rotatable bonds is 3. The molecule has 2 aromatic rings. The van der Waals surface area contributed by atoms with Crippen LogP contribution in [0.5, 0.6) is 0 Å². The van der Waals surface area contributed by atoms with Gasteiger partial charge in [0.05, 0.1) is 5.54 Å². The molecule has 2 aromatic carbocycles. The van der Waals surface area contributed by atoms with Gasteiger partial charge in [-0.2, -0.15) is 0 Å². The van der Waals surface area contributed by atoms with Crippen LogP contribution in [0.4, 0.5) is 5.69 Å². The van der Waals surface area contributed by atoms with Crippen LogP contribution in [0, 0.1) is 0 Å². The van der Waals surface area contributed by atoms with Gasteiger partial charge in [0, 0.05) is 10.2 Å². The van der Waals surface area contributed by atoms with Gasteiger partial charge in [0.1, 0.15) is 0 Å². The van der Waals surface area contributed by atoms with Crippen LogP contribution in [0.3, 0.4) is 0 Å². The summed E-state index contributed by atoms with van der Waals surface area (Å²) in [4.78, 5) is 0. The maximum absolute atomic E-state index is 3.55. The van der Waals surface area contributed by atoms with Crippen molar-refractivity contribution in [2.75, 3.05) is 5.32 Å². The van der Waals surface area contributed by atoms with Crippen LogP contribution >= 0.6 is 15.9 Å². The zero-order valence-electron chi connectivity index (χ0n) is 10.1. The Morgan fingerprint density at radius 1 is 0.941 bits per heavy atom. The van der Waals surface area contributed by atoms with E-state index in [2.05, 4.69) is 71.5 Å². The Labute approximate surface area is 111 Å². The largest absolute Gasteiger partial charge is 0.376 e. The zero-order valence-corrected chi connectivity index (χ0v) is 11.7. The summed E-state index contributed by atoms with van der Waals surface area (Å²) in [5.74, 6) is 0. The highest BCUT2D eigenvalue weighted by Crippen LogP contribution is 2.26. The first-order chi connectivity index (χ1) is 8.08. The maximum atomic E-state index is 3.55. The number of halogens is 1. The molecule has 2 heteroatoms. The van der Waals surface area contributed by atoms with Gasteiger partial charge in [-0.1, -0.05) is 52.3 Å². The molecule has 1 nitrogen and oxygen atoms in total. The summed E-state index contributed by atoms with van der Waals surface area (Å²) in [6.45, 7) is 4.37. The van der Waals surface area contributed by atoms with Crippen LogP contribution in [-0.4, -0.2) is 0 Å². The van der Waals surface area contributed by atoms with Crippen molar-refractivity contribution >= 4 is 21.6 Å². The summed E-state index contributed by atoms with van der Waals surface area (Å²) >= 11 is 3.49. The number of hydrogen-bond acceptors (Lipinski definition) is 1. The van der Waals surface area contributed by atoms with Crippen LogP contribution < -0.4 is 5.32 Å². The lowest BCUT2D eigenvalue weighted by molar-refractivity contribution is 0.609. The average molecular weight is 290 g/mol. The van der Waals surface area contributed by atoms with Gasteiger partial charge >= 0.3 is 0 Å². The van der Waals surface area contributed by atoms with Crippen molar-refractivity contribution in [1.29, 1.82) is 0 Å². The molecule has 0 unspecified atom stereocenters. The first kappa shape index (κ1) is 12.2. The van der Waals surface area contributed by atoms with Crippen molar-refractivity contribution in [3.05, 3.63) is 64.6 Å². The van der Waals surface area contributed by atoms with Gasteiger partial charge in [-0.05, 0) is 37.6 Å². The minimum Gasteiger partial charge on any atom is -0.376 e. The molecule has 0 amide bonds. The highest BCUT2D eigenvalue weighted by atomic mass is 79.9. The summed E-state index contributed by atoms with van der Waals surface area (Å²) in [6, 6.07) is 18.7. The highest BCUT2D eigenvalue weighted by Gasteiger charge is 2.19. The highest BCUT2D eigenvalue weighted by molar-refractivity contribution is 9.10. The Hall–Kier alpha value is -1.28. The van der Waals surface area contributed by atoms with E-state index >= 15 is 0 Å². The van der Waals surface area contributed by atoms with E-state index in [9.17, 15) is 0 Å². The molecule has 0 bridgehead atoms. The molecule has 0 radical (unpaired) electrons. The molecule has 0 aliphatic carbocycles. The fraction of sp³-hybridized carbons (Fsp3) is 0.200. The zero-order chi connectivity index (χ0) is 12.3. The molecule has 0 saturated carbocycles. The van der Waals surface area contributed by atoms with Crippen molar-refractivity contribution in [1.82, 2.24) is 0 Å². The minimum absolute atomic E-state index is 0.0813. The molecule has 0 saturated heterocycles. The van der Waals surface area contributed by atoms with Gasteiger partial charge in [0.2, 0.25) is 0 Å². The quantitative estimate of drug-likeness (QED) is 0.856. The standard InChI is InChI=1S/C15H16BrN/c1-15(2,12-7-4-3-5-8-12)17-14-10-6-9-13(16)11-14/h3-11,17H,1-2H3. The molecule has 0 atom stereocenters. The summed E-state index contributed by atoms with van der Waals surface area (Å²) in [5.41, 5.74) is 2.32. The van der Waals surface area contributed by atoms with Gasteiger partial charge < -0.3 is 5.32 Å². The number of hydrogen-bond donors (Lipinski definition) is 1. The van der Waals surface area contributed by atoms with Crippen LogP contribution in [0.1, 0.15) is 19.4 Å². The smallest absolute Gasteiger partial charge is 0.0569 e. The van der Waals surface area contributed by atoms with Crippen LogP contribution in [0.15, 0.2) is 59.1 Å². The molecule has 1 N–H and O–H groups in total. The van der Waals surface area contributed by atoms with Gasteiger partial charge in [-0.3, -0.25) is 0 Å². The molecule has 17 heavy (non-hydrogen) atoms. The van der Waals surface area contributed by atoms with Gasteiger partial charge in [-0.15, -0.1) is 0 Å². The monoisotopic (exact) mass is 289 g/mol. The second-order valence-electron chi connectivity index (χ2n) is 4.63. The fourth-order valence-electron chi connectivity index (χ4n) is 1.85. The van der Waals surface area contributed by atoms with Gasteiger partial charge in [-0.25, -0.2) is 0 Å². The number of benzene rings is 2. The second-order valence-corrected chi connectivity index (χ2v) is 5.54. The Morgan fingerprint density at radius 2 is 1.65 bits per heavy atom. The first-order valence-electron chi connectivity index (χ1n) is 5.67. The van der Waals surface area contributed by atoms with Gasteiger partial charge in [0.25, 0.3) is 0 Å². The predicted molar refractivity (Wildman–Crippen MR) is 77.2 cm³/mol. The van der Waals surface area contributed by atoms with Crippen molar-refractivity contribution < 1.29 is 0 Å². The summed E-state index contributed by atoms with van der Waals surface area (Å²) in [7, 11) is 0. The Morgan fingerprint density at radius 3 is 2.29 bits per heavy atom. The molecule has 0 spiro atoms. The molecule has 0 aliphatic rings. The normalized spacial score (nSPS) is 11.2. The molecule has 2 rings (SSSR count). The van der Waals surface area contributed by atoms with Crippen LogP contribution in [0.2, 0.25) is 0 Å². The van der Waals surface area contributed by atoms with E-state index in [4.69, 9.17) is 0 Å². The second kappa shape index (κ2) is 4.92. The van der Waals surface area contributed by atoms with Crippen molar-refractivity contribution in [3.8, 4) is 0 Å². The van der Waals surface area contributed by atoms with E-state index in [0.29, 0.717) is 0 Å². The molecule has 0 fully saturated rings. The molecular formula is C15H16BrN. The van der Waals surface area contributed by atoms with E-state index in [-0.39, 0.29) is 5.54 Å². The van der Waals surface area contributed by atoms with Crippen molar-refractivity contribution in [2.45, 2.75) is 19.4 Å². The van der Waals surface area contributed by atoms with E-state index < -0.39 is 0 Å². The third-order valence-electron chi connectivity index (χ3n) is 2.78. The Kier molecular flexibility index (Phi) is 3.53. The Balaban J connectivity index is 2.23. The van der Waals surface area contributed by atoms with Crippen molar-refractivity contribution in [2.24, 2.45) is 0 Å². The summed E-state index contributed by atoms with van der Waals surface area (Å²) in [6.07, 6.45) is 0. The number of anilines is 1. The van der Waals surface area contributed by atoms with Gasteiger partial charge in [0.15, 0.2) is 0 Å². The lowest BCUT2D eigenvalue weighted by atomic mass is 9.94. The SMILES string of the molecule is CC(C)(Nc1cccc(Br)c1)c1ccccc1. The van der Waals surface area contributed by atoms with Crippen LogP contribution in [-0.2, 0) is 5.54 Å². The van der Waals surface area contributed by atoms with Crippen molar-refractivity contribution in [3.63, 3.8) is 0 Å². The lowest BCUT2D eigenvalue weighted by Gasteiger charge is -2.28. The predicted octanol–water partition coefficient (Wildman–Crippen LogP) is 4.80. The molecular weight excluding hydrogens is 274 g/mol. The topological polar surface area (TPSA) is 12.0 Å². The van der Waals surface area contributed by atoms with E-state index in [1.807, 2.05) is 18.2 Å². The number of nitrogens with one attached hydrogen (secondary N) is 1. The molecule has 88 valence electrons. The molecule has 0 heterocycles. The Bertz CT molecular complexity index is 491. The summed E-state index contributed by atoms with van der Waals surface area (Å²) in [5, 5.41) is 3.55.